The number of aryl methyl sites for hydroxylation is 1. The third-order valence-corrected chi connectivity index (χ3v) is 5.16. The predicted molar refractivity (Wildman–Crippen MR) is 94.3 cm³/mol. The number of ether oxygens (including phenoxy) is 1. The lowest BCUT2D eigenvalue weighted by molar-refractivity contribution is 0.184. The van der Waals surface area contributed by atoms with Crippen molar-refractivity contribution in [2.45, 2.75) is 45.8 Å². The number of hydrogen-bond donors (Lipinski definition) is 1. The lowest BCUT2D eigenvalue weighted by Crippen LogP contribution is -2.28. The minimum Gasteiger partial charge on any atom is -0.483 e. The molecule has 21 heavy (non-hydrogen) atoms. The summed E-state index contributed by atoms with van der Waals surface area (Å²) >= 11 is 5.16. The molecule has 0 amide bonds. The summed E-state index contributed by atoms with van der Waals surface area (Å²) in [5.41, 5.74) is 8.73. The van der Waals surface area contributed by atoms with Crippen LogP contribution in [0.25, 0.3) is 0 Å². The average Bonchev–Trinajstić information content (AvgIpc) is 2.81. The van der Waals surface area contributed by atoms with Gasteiger partial charge in [-0.3, -0.25) is 0 Å². The molecule has 114 valence electrons. The lowest BCUT2D eigenvalue weighted by Gasteiger charge is -2.22. The lowest BCUT2D eigenvalue weighted by atomic mass is 9.98. The second-order valence-corrected chi connectivity index (χ2v) is 8.21. The smallest absolute Gasteiger partial charge is 0.148 e. The summed E-state index contributed by atoms with van der Waals surface area (Å²) in [4.78, 5) is 1.14. The largest absolute Gasteiger partial charge is 0.483 e. The molecule has 2 N–H and O–H groups in total. The highest BCUT2D eigenvalue weighted by Crippen LogP contribution is 2.33. The van der Waals surface area contributed by atoms with Crippen LogP contribution in [-0.4, -0.2) is 6.04 Å². The molecule has 2 unspecified atom stereocenters. The molecule has 0 radical (unpaired) electrons. The minimum atomic E-state index is -0.120. The summed E-state index contributed by atoms with van der Waals surface area (Å²) < 4.78 is 7.25. The van der Waals surface area contributed by atoms with E-state index in [0.29, 0.717) is 5.92 Å². The minimum absolute atomic E-state index is 0.0689. The molecule has 4 heteroatoms. The van der Waals surface area contributed by atoms with Gasteiger partial charge in [-0.2, -0.15) is 0 Å². The molecule has 1 aromatic heterocycles. The van der Waals surface area contributed by atoms with E-state index < -0.39 is 0 Å². The van der Waals surface area contributed by atoms with E-state index in [1.807, 2.05) is 19.1 Å². The van der Waals surface area contributed by atoms with Gasteiger partial charge in [-0.15, -0.1) is 11.3 Å². The Kier molecular flexibility index (Phi) is 5.47. The van der Waals surface area contributed by atoms with Crippen molar-refractivity contribution in [3.8, 4) is 5.75 Å². The summed E-state index contributed by atoms with van der Waals surface area (Å²) in [6, 6.07) is 10.3. The molecule has 0 fully saturated rings. The second kappa shape index (κ2) is 6.95. The van der Waals surface area contributed by atoms with Crippen molar-refractivity contribution in [1.29, 1.82) is 0 Å². The van der Waals surface area contributed by atoms with Crippen LogP contribution in [0, 0.1) is 6.92 Å². The Hall–Kier alpha value is -0.840. The molecule has 1 aromatic carbocycles. The summed E-state index contributed by atoms with van der Waals surface area (Å²) in [5.74, 6) is 1.40. The number of benzene rings is 1. The first kappa shape index (κ1) is 16.5. The van der Waals surface area contributed by atoms with Crippen molar-refractivity contribution >= 4 is 27.3 Å². The van der Waals surface area contributed by atoms with Gasteiger partial charge in [0.05, 0.1) is 3.79 Å². The summed E-state index contributed by atoms with van der Waals surface area (Å²) in [6.07, 6.45) is -0.120. The zero-order valence-electron chi connectivity index (χ0n) is 12.9. The van der Waals surface area contributed by atoms with E-state index in [9.17, 15) is 0 Å². The Morgan fingerprint density at radius 2 is 1.86 bits per heavy atom. The van der Waals surface area contributed by atoms with E-state index in [1.54, 1.807) is 11.3 Å². The van der Waals surface area contributed by atoms with Crippen molar-refractivity contribution in [2.75, 3.05) is 0 Å². The van der Waals surface area contributed by atoms with Crippen LogP contribution in [0.3, 0.4) is 0 Å². The van der Waals surface area contributed by atoms with Gasteiger partial charge < -0.3 is 10.5 Å². The Bertz CT molecular complexity index is 607. The van der Waals surface area contributed by atoms with Crippen LogP contribution in [0.1, 0.15) is 48.8 Å². The zero-order valence-corrected chi connectivity index (χ0v) is 15.3. The second-order valence-electron chi connectivity index (χ2n) is 5.71. The van der Waals surface area contributed by atoms with Gasteiger partial charge in [0.1, 0.15) is 11.9 Å². The van der Waals surface area contributed by atoms with E-state index >= 15 is 0 Å². The molecule has 1 heterocycles. The molecule has 0 saturated heterocycles. The molecular weight excluding hydrogens is 346 g/mol. The quantitative estimate of drug-likeness (QED) is 0.766. The topological polar surface area (TPSA) is 35.2 Å². The first-order valence-corrected chi connectivity index (χ1v) is 8.77. The third kappa shape index (κ3) is 4.09. The van der Waals surface area contributed by atoms with Gasteiger partial charge in [0, 0.05) is 10.9 Å². The summed E-state index contributed by atoms with van der Waals surface area (Å²) in [6.45, 7) is 8.52. The normalized spacial score (nSPS) is 14.2. The highest BCUT2D eigenvalue weighted by molar-refractivity contribution is 9.11. The van der Waals surface area contributed by atoms with Crippen LogP contribution in [0.15, 0.2) is 34.1 Å². The van der Waals surface area contributed by atoms with Crippen molar-refractivity contribution in [2.24, 2.45) is 5.73 Å². The maximum Gasteiger partial charge on any atom is 0.148 e. The molecule has 0 aliphatic heterocycles. The Balaban J connectivity index is 2.23. The van der Waals surface area contributed by atoms with E-state index in [2.05, 4.69) is 54.9 Å². The van der Waals surface area contributed by atoms with Gasteiger partial charge >= 0.3 is 0 Å². The number of hydrogen-bond acceptors (Lipinski definition) is 3. The third-order valence-electron chi connectivity index (χ3n) is 3.48. The molecular formula is C17H22BrNOS. The zero-order chi connectivity index (χ0) is 15.6. The van der Waals surface area contributed by atoms with Crippen LogP contribution in [0.2, 0.25) is 0 Å². The molecule has 0 saturated carbocycles. The number of rotatable bonds is 5. The van der Waals surface area contributed by atoms with Gasteiger partial charge in [-0.05, 0) is 71.1 Å². The Labute approximate surface area is 139 Å². The number of halogens is 1. The molecule has 0 spiro atoms. The summed E-state index contributed by atoms with van der Waals surface area (Å²) in [7, 11) is 0. The van der Waals surface area contributed by atoms with E-state index in [0.717, 1.165) is 14.4 Å². The van der Waals surface area contributed by atoms with E-state index in [1.165, 1.54) is 11.1 Å². The summed E-state index contributed by atoms with van der Waals surface area (Å²) in [5, 5.41) is 0. The first-order valence-electron chi connectivity index (χ1n) is 7.16. The molecule has 0 aliphatic rings. The van der Waals surface area contributed by atoms with Crippen LogP contribution < -0.4 is 10.5 Å². The van der Waals surface area contributed by atoms with Gasteiger partial charge in [0.15, 0.2) is 0 Å². The molecule has 0 bridgehead atoms. The van der Waals surface area contributed by atoms with E-state index in [-0.39, 0.29) is 12.1 Å². The van der Waals surface area contributed by atoms with Gasteiger partial charge in [0.2, 0.25) is 0 Å². The first-order chi connectivity index (χ1) is 9.88. The van der Waals surface area contributed by atoms with Gasteiger partial charge in [-0.25, -0.2) is 0 Å². The van der Waals surface area contributed by atoms with Crippen LogP contribution in [0.5, 0.6) is 5.75 Å². The molecule has 2 nitrogen and oxygen atoms in total. The fourth-order valence-electron chi connectivity index (χ4n) is 2.42. The SMILES string of the molecule is Cc1cc(OC(c2ccc(Br)s2)C(C)N)ccc1C(C)C. The highest BCUT2D eigenvalue weighted by Gasteiger charge is 2.20. The van der Waals surface area contributed by atoms with Crippen LogP contribution in [-0.2, 0) is 0 Å². The molecule has 2 atom stereocenters. The maximum absolute atomic E-state index is 6.16. The van der Waals surface area contributed by atoms with Crippen molar-refractivity contribution in [3.05, 3.63) is 50.1 Å². The average molecular weight is 368 g/mol. The maximum atomic E-state index is 6.16. The molecule has 0 aliphatic carbocycles. The fourth-order valence-corrected chi connectivity index (χ4v) is 3.99. The fraction of sp³-hybridized carbons (Fsp3) is 0.412. The molecule has 2 rings (SSSR count). The van der Waals surface area contributed by atoms with Gasteiger partial charge in [0.25, 0.3) is 0 Å². The monoisotopic (exact) mass is 367 g/mol. The number of nitrogens with two attached hydrogens (primary N) is 1. The Morgan fingerprint density at radius 1 is 1.14 bits per heavy atom. The van der Waals surface area contributed by atoms with Crippen LogP contribution in [0.4, 0.5) is 0 Å². The van der Waals surface area contributed by atoms with E-state index in [4.69, 9.17) is 10.5 Å². The Morgan fingerprint density at radius 3 is 2.33 bits per heavy atom. The highest BCUT2D eigenvalue weighted by atomic mass is 79.9. The van der Waals surface area contributed by atoms with Crippen LogP contribution >= 0.6 is 27.3 Å². The van der Waals surface area contributed by atoms with Crippen molar-refractivity contribution in [1.82, 2.24) is 0 Å². The molecule has 2 aromatic rings. The number of thiophene rings is 1. The predicted octanol–water partition coefficient (Wildman–Crippen LogP) is 5.41. The standard InChI is InChI=1S/C17H22BrNOS/c1-10(2)14-6-5-13(9-11(14)3)20-17(12(4)19)15-7-8-16(18)21-15/h5-10,12,17H,19H2,1-4H3. The van der Waals surface area contributed by atoms with Crippen molar-refractivity contribution in [3.63, 3.8) is 0 Å². The van der Waals surface area contributed by atoms with Crippen molar-refractivity contribution < 1.29 is 4.74 Å². The van der Waals surface area contributed by atoms with Gasteiger partial charge in [-0.1, -0.05) is 19.9 Å².